The second-order valence-corrected chi connectivity index (χ2v) is 6.19. The molecule has 1 unspecified atom stereocenters. The molecule has 0 N–H and O–H groups in total. The third-order valence-electron chi connectivity index (χ3n) is 4.63. The van der Waals surface area contributed by atoms with Crippen LogP contribution in [0, 0.1) is 5.92 Å². The Morgan fingerprint density at radius 1 is 0.870 bits per heavy atom. The Labute approximate surface area is 141 Å². The molecule has 0 nitrogen and oxygen atoms in total. The molecule has 0 amide bonds. The lowest BCUT2D eigenvalue weighted by Gasteiger charge is -2.17. The first-order valence-electron chi connectivity index (χ1n) is 8.69. The molecule has 0 heteroatoms. The zero-order valence-electron chi connectivity index (χ0n) is 14.8. The molecule has 0 aromatic heterocycles. The molecule has 0 aliphatic heterocycles. The Hall–Kier alpha value is -2.08. The van der Waals surface area contributed by atoms with Gasteiger partial charge in [-0.05, 0) is 48.0 Å². The quantitative estimate of drug-likeness (QED) is 0.504. The van der Waals surface area contributed by atoms with Gasteiger partial charge in [0.2, 0.25) is 0 Å². The van der Waals surface area contributed by atoms with Gasteiger partial charge in [-0.25, -0.2) is 0 Å². The van der Waals surface area contributed by atoms with Crippen LogP contribution in [-0.4, -0.2) is 0 Å². The van der Waals surface area contributed by atoms with Crippen LogP contribution in [-0.2, 0) is 0 Å². The summed E-state index contributed by atoms with van der Waals surface area (Å²) in [7, 11) is 0. The normalized spacial score (nSPS) is 14.3. The predicted molar refractivity (Wildman–Crippen MR) is 103 cm³/mol. The van der Waals surface area contributed by atoms with Crippen molar-refractivity contribution >= 4 is 11.1 Å². The summed E-state index contributed by atoms with van der Waals surface area (Å²) in [6.07, 6.45) is 4.63. The summed E-state index contributed by atoms with van der Waals surface area (Å²) in [6, 6.07) is 21.5. The highest BCUT2D eigenvalue weighted by molar-refractivity contribution is 5.85. The van der Waals surface area contributed by atoms with Crippen LogP contribution in [0.25, 0.3) is 11.1 Å². The van der Waals surface area contributed by atoms with Crippen LogP contribution in [0.2, 0.25) is 0 Å². The lowest BCUT2D eigenvalue weighted by atomic mass is 9.87. The zero-order chi connectivity index (χ0) is 16.7. The molecule has 120 valence electrons. The maximum absolute atomic E-state index is 2.41. The van der Waals surface area contributed by atoms with E-state index in [-0.39, 0.29) is 0 Å². The van der Waals surface area contributed by atoms with Crippen molar-refractivity contribution in [2.45, 2.75) is 40.5 Å². The van der Waals surface area contributed by atoms with Crippen molar-refractivity contribution in [3.05, 3.63) is 83.4 Å². The van der Waals surface area contributed by atoms with Gasteiger partial charge in [0.15, 0.2) is 0 Å². The van der Waals surface area contributed by atoms with Gasteiger partial charge in [-0.3, -0.25) is 0 Å². The van der Waals surface area contributed by atoms with Crippen molar-refractivity contribution in [1.29, 1.82) is 0 Å². The molecular weight excluding hydrogens is 276 g/mol. The van der Waals surface area contributed by atoms with E-state index in [1.54, 1.807) is 0 Å². The van der Waals surface area contributed by atoms with E-state index in [0.29, 0.717) is 5.92 Å². The minimum absolute atomic E-state index is 0.542. The third kappa shape index (κ3) is 4.45. The topological polar surface area (TPSA) is 0 Å². The largest absolute Gasteiger partial charge is 0.0657 e. The van der Waals surface area contributed by atoms with Crippen LogP contribution in [0.4, 0.5) is 0 Å². The summed E-state index contributed by atoms with van der Waals surface area (Å²) in [4.78, 5) is 0. The minimum Gasteiger partial charge on any atom is -0.0657 e. The molecule has 2 aromatic rings. The Kier molecular flexibility index (Phi) is 6.40. The first-order valence-corrected chi connectivity index (χ1v) is 8.69. The van der Waals surface area contributed by atoms with Gasteiger partial charge >= 0.3 is 0 Å². The smallest absolute Gasteiger partial charge is 0.0184 e. The molecule has 0 heterocycles. The van der Waals surface area contributed by atoms with Gasteiger partial charge in [-0.15, -0.1) is 0 Å². The van der Waals surface area contributed by atoms with Crippen LogP contribution < -0.4 is 0 Å². The van der Waals surface area contributed by atoms with Crippen molar-refractivity contribution in [2.75, 3.05) is 0 Å². The van der Waals surface area contributed by atoms with Gasteiger partial charge in [0, 0.05) is 0 Å². The molecule has 0 bridgehead atoms. The monoisotopic (exact) mass is 304 g/mol. The first kappa shape index (κ1) is 17.3. The standard InChI is InChI=1S/C23H28/c1-5-18(3)22(20-13-9-7-10-14-20)17-23(19(4)6-2)21-15-11-8-12-16-21/h7-18H,5-6H2,1-4H3/b22-17+,23-19+. The van der Waals surface area contributed by atoms with Crippen molar-refractivity contribution in [1.82, 2.24) is 0 Å². The summed E-state index contributed by atoms with van der Waals surface area (Å²) in [5.74, 6) is 0.542. The van der Waals surface area contributed by atoms with Crippen molar-refractivity contribution in [3.8, 4) is 0 Å². The Balaban J connectivity index is 2.58. The number of hydrogen-bond donors (Lipinski definition) is 0. The number of rotatable bonds is 6. The van der Waals surface area contributed by atoms with E-state index in [0.717, 1.165) is 12.8 Å². The van der Waals surface area contributed by atoms with E-state index < -0.39 is 0 Å². The van der Waals surface area contributed by atoms with Crippen molar-refractivity contribution in [3.63, 3.8) is 0 Å². The van der Waals surface area contributed by atoms with E-state index in [2.05, 4.69) is 94.4 Å². The highest BCUT2D eigenvalue weighted by Gasteiger charge is 2.12. The zero-order valence-corrected chi connectivity index (χ0v) is 14.8. The van der Waals surface area contributed by atoms with E-state index >= 15 is 0 Å². The van der Waals surface area contributed by atoms with Gasteiger partial charge in [0.1, 0.15) is 0 Å². The molecule has 0 saturated heterocycles. The number of hydrogen-bond acceptors (Lipinski definition) is 0. The second-order valence-electron chi connectivity index (χ2n) is 6.19. The van der Waals surface area contributed by atoms with Crippen molar-refractivity contribution < 1.29 is 0 Å². The first-order chi connectivity index (χ1) is 11.2. The van der Waals surface area contributed by atoms with E-state index in [1.165, 1.54) is 27.8 Å². The van der Waals surface area contributed by atoms with E-state index in [9.17, 15) is 0 Å². The fourth-order valence-electron chi connectivity index (χ4n) is 2.78. The lowest BCUT2D eigenvalue weighted by Crippen LogP contribution is -1.99. The Morgan fingerprint density at radius 3 is 1.87 bits per heavy atom. The van der Waals surface area contributed by atoms with Crippen molar-refractivity contribution in [2.24, 2.45) is 5.92 Å². The molecule has 2 aromatic carbocycles. The van der Waals surface area contributed by atoms with Gasteiger partial charge in [-0.1, -0.05) is 93.1 Å². The fraction of sp³-hybridized carbons (Fsp3) is 0.304. The third-order valence-corrected chi connectivity index (χ3v) is 4.63. The minimum atomic E-state index is 0.542. The maximum Gasteiger partial charge on any atom is -0.0184 e. The summed E-state index contributed by atoms with van der Waals surface area (Å²) < 4.78 is 0. The highest BCUT2D eigenvalue weighted by atomic mass is 14.2. The molecule has 2 rings (SSSR count). The summed E-state index contributed by atoms with van der Waals surface area (Å²) in [5.41, 5.74) is 6.88. The summed E-state index contributed by atoms with van der Waals surface area (Å²) >= 11 is 0. The van der Waals surface area contributed by atoms with Crippen LogP contribution in [0.15, 0.2) is 72.3 Å². The molecule has 0 aliphatic carbocycles. The maximum atomic E-state index is 2.41. The lowest BCUT2D eigenvalue weighted by molar-refractivity contribution is 0.718. The SMILES string of the molecule is CC/C(C)=C(\C=C(\c1ccccc1)C(C)CC)c1ccccc1. The summed E-state index contributed by atoms with van der Waals surface area (Å²) in [6.45, 7) is 9.07. The predicted octanol–water partition coefficient (Wildman–Crippen LogP) is 7.00. The van der Waals surface area contributed by atoms with Gasteiger partial charge in [0.25, 0.3) is 0 Å². The van der Waals surface area contributed by atoms with Crippen LogP contribution >= 0.6 is 0 Å². The molecule has 0 aliphatic rings. The van der Waals surface area contributed by atoms with E-state index in [4.69, 9.17) is 0 Å². The Morgan fingerprint density at radius 2 is 1.39 bits per heavy atom. The molecule has 0 saturated carbocycles. The average Bonchev–Trinajstić information content (AvgIpc) is 2.63. The van der Waals surface area contributed by atoms with Crippen LogP contribution in [0.1, 0.15) is 51.7 Å². The van der Waals surface area contributed by atoms with Gasteiger partial charge in [-0.2, -0.15) is 0 Å². The highest BCUT2D eigenvalue weighted by Crippen LogP contribution is 2.31. The molecule has 0 fully saturated rings. The van der Waals surface area contributed by atoms with Crippen LogP contribution in [0.3, 0.4) is 0 Å². The molecule has 0 spiro atoms. The molecule has 0 radical (unpaired) electrons. The number of benzene rings is 2. The summed E-state index contributed by atoms with van der Waals surface area (Å²) in [5, 5.41) is 0. The molecule has 23 heavy (non-hydrogen) atoms. The van der Waals surface area contributed by atoms with Crippen LogP contribution in [0.5, 0.6) is 0 Å². The Bertz CT molecular complexity index is 660. The van der Waals surface area contributed by atoms with Gasteiger partial charge < -0.3 is 0 Å². The molecule has 1 atom stereocenters. The second kappa shape index (κ2) is 8.53. The number of allylic oxidation sites excluding steroid dienone is 4. The van der Waals surface area contributed by atoms with Gasteiger partial charge in [0.05, 0.1) is 0 Å². The van der Waals surface area contributed by atoms with E-state index in [1.807, 2.05) is 0 Å². The molecular formula is C23H28. The average molecular weight is 304 g/mol. The fourth-order valence-corrected chi connectivity index (χ4v) is 2.78.